The number of amides is 2. The number of nitro groups is 1. The second-order valence-electron chi connectivity index (χ2n) is 5.66. The number of benzene rings is 2. The predicted octanol–water partition coefficient (Wildman–Crippen LogP) is 0.742. The van der Waals surface area contributed by atoms with Crippen LogP contribution in [-0.2, 0) is 19.6 Å². The normalized spacial score (nSPS) is 11.5. The molecule has 4 N–H and O–H groups in total. The zero-order valence-corrected chi connectivity index (χ0v) is 16.4. The van der Waals surface area contributed by atoms with Crippen molar-refractivity contribution in [3.05, 3.63) is 58.1 Å². The van der Waals surface area contributed by atoms with Gasteiger partial charge in [-0.05, 0) is 35.9 Å². The second-order valence-corrected chi connectivity index (χ2v) is 8.41. The SMILES string of the molecule is Nc1nc2ccc(S(=O)(=O)NC(=O)C(=O)NN=Cc3ccc([N+](=O)[O-])cc3)cc2s1. The molecule has 0 fully saturated rings. The molecule has 1 aromatic heterocycles. The molecular weight excluding hydrogens is 436 g/mol. The molecule has 154 valence electrons. The number of aromatic nitrogens is 1. The van der Waals surface area contributed by atoms with Crippen LogP contribution < -0.4 is 15.9 Å². The number of non-ortho nitro benzene ring substituents is 1. The molecule has 0 aliphatic heterocycles. The predicted molar refractivity (Wildman–Crippen MR) is 108 cm³/mol. The van der Waals surface area contributed by atoms with Crippen LogP contribution in [0.25, 0.3) is 10.2 Å². The van der Waals surface area contributed by atoms with Gasteiger partial charge >= 0.3 is 11.8 Å². The molecule has 0 saturated carbocycles. The molecule has 0 atom stereocenters. The molecule has 3 aromatic rings. The van der Waals surface area contributed by atoms with Crippen molar-refractivity contribution in [2.45, 2.75) is 4.90 Å². The molecular formula is C16H12N6O6S2. The summed E-state index contributed by atoms with van der Waals surface area (Å²) in [7, 11) is -4.31. The van der Waals surface area contributed by atoms with Crippen molar-refractivity contribution in [1.82, 2.24) is 15.1 Å². The number of nitrogens with zero attached hydrogens (tertiary/aromatic N) is 3. The van der Waals surface area contributed by atoms with Gasteiger partial charge in [0, 0.05) is 12.1 Å². The first-order valence-electron chi connectivity index (χ1n) is 7.96. The number of hydrazone groups is 1. The minimum atomic E-state index is -4.31. The van der Waals surface area contributed by atoms with Crippen molar-refractivity contribution in [2.24, 2.45) is 5.10 Å². The van der Waals surface area contributed by atoms with Crippen LogP contribution in [-0.4, -0.2) is 36.4 Å². The van der Waals surface area contributed by atoms with Crippen LogP contribution in [0.4, 0.5) is 10.8 Å². The molecule has 1 heterocycles. The van der Waals surface area contributed by atoms with E-state index in [1.807, 2.05) is 5.43 Å². The van der Waals surface area contributed by atoms with Crippen molar-refractivity contribution in [2.75, 3.05) is 5.73 Å². The zero-order valence-electron chi connectivity index (χ0n) is 14.8. The first-order chi connectivity index (χ1) is 14.2. The summed E-state index contributed by atoms with van der Waals surface area (Å²) in [6, 6.07) is 9.15. The van der Waals surface area contributed by atoms with E-state index in [0.29, 0.717) is 15.8 Å². The second kappa shape index (κ2) is 8.22. The highest BCUT2D eigenvalue weighted by Gasteiger charge is 2.23. The molecule has 30 heavy (non-hydrogen) atoms. The summed E-state index contributed by atoms with van der Waals surface area (Å²) in [6.45, 7) is 0. The van der Waals surface area contributed by atoms with E-state index in [9.17, 15) is 28.1 Å². The number of hydrogen-bond acceptors (Lipinski definition) is 10. The number of nitrogens with two attached hydrogens (primary N) is 1. The maximum absolute atomic E-state index is 12.3. The Balaban J connectivity index is 1.63. The van der Waals surface area contributed by atoms with Gasteiger partial charge in [0.15, 0.2) is 5.13 Å². The van der Waals surface area contributed by atoms with E-state index < -0.39 is 26.8 Å². The molecule has 0 bridgehead atoms. The van der Waals surface area contributed by atoms with E-state index in [-0.39, 0.29) is 15.7 Å². The Morgan fingerprint density at radius 1 is 1.17 bits per heavy atom. The monoisotopic (exact) mass is 448 g/mol. The lowest BCUT2D eigenvalue weighted by molar-refractivity contribution is -0.384. The summed E-state index contributed by atoms with van der Waals surface area (Å²) in [5.74, 6) is -2.76. The number of thiazole rings is 1. The third kappa shape index (κ3) is 4.73. The minimum Gasteiger partial charge on any atom is -0.375 e. The Labute approximate surface area is 172 Å². The van der Waals surface area contributed by atoms with Crippen LogP contribution in [0.5, 0.6) is 0 Å². The van der Waals surface area contributed by atoms with Gasteiger partial charge in [-0.15, -0.1) is 0 Å². The first kappa shape index (κ1) is 20.8. The Bertz CT molecular complexity index is 1280. The average Bonchev–Trinajstić information content (AvgIpc) is 3.07. The highest BCUT2D eigenvalue weighted by molar-refractivity contribution is 7.90. The fourth-order valence-electron chi connectivity index (χ4n) is 2.22. The number of nitro benzene ring substituents is 1. The van der Waals surface area contributed by atoms with E-state index in [1.54, 1.807) is 4.72 Å². The van der Waals surface area contributed by atoms with Crippen LogP contribution >= 0.6 is 11.3 Å². The molecule has 2 amide bonds. The molecule has 3 rings (SSSR count). The Kier molecular flexibility index (Phi) is 5.70. The van der Waals surface area contributed by atoms with E-state index >= 15 is 0 Å². The average molecular weight is 448 g/mol. The van der Waals surface area contributed by atoms with E-state index in [4.69, 9.17) is 5.73 Å². The molecule has 14 heteroatoms. The lowest BCUT2D eigenvalue weighted by Gasteiger charge is -2.06. The van der Waals surface area contributed by atoms with E-state index in [2.05, 4.69) is 10.1 Å². The summed E-state index contributed by atoms with van der Waals surface area (Å²) in [5, 5.41) is 14.4. The summed E-state index contributed by atoms with van der Waals surface area (Å²) in [4.78, 5) is 37.4. The molecule has 0 aliphatic carbocycles. The van der Waals surface area contributed by atoms with Crippen molar-refractivity contribution in [3.63, 3.8) is 0 Å². The van der Waals surface area contributed by atoms with E-state index in [0.717, 1.165) is 17.6 Å². The van der Waals surface area contributed by atoms with Gasteiger partial charge in [0.25, 0.3) is 15.7 Å². The van der Waals surface area contributed by atoms with Gasteiger partial charge < -0.3 is 5.73 Å². The molecule has 12 nitrogen and oxygen atoms in total. The third-order valence-corrected chi connectivity index (χ3v) is 5.78. The topological polar surface area (TPSA) is 187 Å². The maximum atomic E-state index is 12.3. The molecule has 0 saturated heterocycles. The minimum absolute atomic E-state index is 0.125. The first-order valence-corrected chi connectivity index (χ1v) is 10.3. The van der Waals surface area contributed by atoms with Gasteiger partial charge in [-0.2, -0.15) is 5.10 Å². The van der Waals surface area contributed by atoms with Gasteiger partial charge in [-0.1, -0.05) is 11.3 Å². The van der Waals surface area contributed by atoms with Gasteiger partial charge in [0.05, 0.1) is 26.3 Å². The Morgan fingerprint density at radius 3 is 2.53 bits per heavy atom. The fourth-order valence-corrected chi connectivity index (χ4v) is 4.04. The quantitative estimate of drug-likeness (QED) is 0.220. The fraction of sp³-hybridized carbons (Fsp3) is 0. The number of hydrogen-bond donors (Lipinski definition) is 3. The van der Waals surface area contributed by atoms with Gasteiger partial charge in [0.2, 0.25) is 0 Å². The zero-order chi connectivity index (χ0) is 21.9. The highest BCUT2D eigenvalue weighted by Crippen LogP contribution is 2.26. The number of fused-ring (bicyclic) bond motifs is 1. The van der Waals surface area contributed by atoms with E-state index in [1.165, 1.54) is 42.5 Å². The number of anilines is 1. The number of nitrogen functional groups attached to an aromatic ring is 1. The molecule has 2 aromatic carbocycles. The van der Waals surface area contributed by atoms with Gasteiger partial charge in [-0.3, -0.25) is 19.7 Å². The summed E-state index contributed by atoms with van der Waals surface area (Å²) in [6.07, 6.45) is 1.13. The lowest BCUT2D eigenvalue weighted by Crippen LogP contribution is -2.41. The van der Waals surface area contributed by atoms with Crippen molar-refractivity contribution in [1.29, 1.82) is 0 Å². The van der Waals surface area contributed by atoms with Crippen LogP contribution in [0.1, 0.15) is 5.56 Å². The Morgan fingerprint density at radius 2 is 1.87 bits per heavy atom. The number of carbonyl (C=O) groups excluding carboxylic acids is 2. The molecule has 0 aliphatic rings. The Hall–Kier alpha value is -3.91. The number of carbonyl (C=O) groups is 2. The molecule has 0 unspecified atom stereocenters. The van der Waals surface area contributed by atoms with Crippen molar-refractivity contribution in [3.8, 4) is 0 Å². The van der Waals surface area contributed by atoms with Crippen LogP contribution in [0.3, 0.4) is 0 Å². The van der Waals surface area contributed by atoms with Gasteiger partial charge in [0.1, 0.15) is 0 Å². The van der Waals surface area contributed by atoms with Gasteiger partial charge in [-0.25, -0.2) is 23.5 Å². The lowest BCUT2D eigenvalue weighted by atomic mass is 10.2. The van der Waals surface area contributed by atoms with Crippen molar-refractivity contribution >= 4 is 60.4 Å². The molecule has 0 spiro atoms. The van der Waals surface area contributed by atoms with Crippen LogP contribution in [0.15, 0.2) is 52.5 Å². The van der Waals surface area contributed by atoms with Crippen LogP contribution in [0, 0.1) is 10.1 Å². The smallest absolute Gasteiger partial charge is 0.330 e. The summed E-state index contributed by atoms with van der Waals surface area (Å²) >= 11 is 1.07. The number of nitrogens with one attached hydrogen (secondary N) is 2. The summed E-state index contributed by atoms with van der Waals surface area (Å²) in [5.41, 5.74) is 8.23. The molecule has 0 radical (unpaired) electrons. The highest BCUT2D eigenvalue weighted by atomic mass is 32.2. The number of rotatable bonds is 5. The standard InChI is InChI=1S/C16H12N6O6S2/c17-16-19-12-6-5-11(7-13(12)29-16)30(27,28)21-15(24)14(23)20-18-8-9-1-3-10(4-2-9)22(25)26/h1-8H,(H2,17,19)(H,20,23)(H,21,24). The largest absolute Gasteiger partial charge is 0.375 e. The summed E-state index contributed by atoms with van der Waals surface area (Å²) < 4.78 is 26.8. The third-order valence-electron chi connectivity index (χ3n) is 3.60. The number of sulfonamides is 1. The van der Waals surface area contributed by atoms with Crippen LogP contribution in [0.2, 0.25) is 0 Å². The van der Waals surface area contributed by atoms with Crippen molar-refractivity contribution < 1.29 is 22.9 Å². The maximum Gasteiger partial charge on any atom is 0.330 e.